The lowest BCUT2D eigenvalue weighted by Gasteiger charge is -2.08. The summed E-state index contributed by atoms with van der Waals surface area (Å²) in [6.07, 6.45) is 1.60. The number of aliphatic hydroxyl groups is 1. The lowest BCUT2D eigenvalue weighted by Crippen LogP contribution is -2.03. The predicted octanol–water partition coefficient (Wildman–Crippen LogP) is 3.00. The Morgan fingerprint density at radius 1 is 1.33 bits per heavy atom. The highest BCUT2D eigenvalue weighted by molar-refractivity contribution is 9.10. The quantitative estimate of drug-likeness (QED) is 0.847. The van der Waals surface area contributed by atoms with Crippen LogP contribution in [0.2, 0.25) is 5.28 Å². The summed E-state index contributed by atoms with van der Waals surface area (Å²) in [7, 11) is 0. The van der Waals surface area contributed by atoms with Crippen molar-refractivity contribution < 1.29 is 5.11 Å². The number of nitrogens with one attached hydrogen (secondary N) is 1. The maximum atomic E-state index is 9.06. The second kappa shape index (κ2) is 6.13. The largest absolute Gasteiger partial charge is 0.392 e. The molecule has 0 atom stereocenters. The highest BCUT2D eigenvalue weighted by Gasteiger charge is 2.03. The first-order valence-electron chi connectivity index (χ1n) is 5.29. The molecule has 1 heterocycles. The zero-order valence-corrected chi connectivity index (χ0v) is 11.7. The summed E-state index contributed by atoms with van der Waals surface area (Å²) in [6.45, 7) is 0.636. The van der Waals surface area contributed by atoms with Gasteiger partial charge in [-0.1, -0.05) is 24.3 Å². The van der Waals surface area contributed by atoms with E-state index in [1.165, 1.54) is 0 Å². The monoisotopic (exact) mass is 327 g/mol. The molecule has 0 aliphatic carbocycles. The average Bonchev–Trinajstić information content (AvgIpc) is 2.40. The molecule has 6 heteroatoms. The highest BCUT2D eigenvalue weighted by Crippen LogP contribution is 2.20. The predicted molar refractivity (Wildman–Crippen MR) is 74.4 cm³/mol. The van der Waals surface area contributed by atoms with Crippen LogP contribution in [-0.2, 0) is 13.2 Å². The van der Waals surface area contributed by atoms with Gasteiger partial charge in [-0.15, -0.1) is 0 Å². The van der Waals surface area contributed by atoms with Crippen LogP contribution in [0.1, 0.15) is 11.1 Å². The van der Waals surface area contributed by atoms with Crippen molar-refractivity contribution >= 4 is 33.3 Å². The maximum absolute atomic E-state index is 9.06. The van der Waals surface area contributed by atoms with Gasteiger partial charge in [0.2, 0.25) is 5.28 Å². The van der Waals surface area contributed by atoms with Gasteiger partial charge in [-0.2, -0.15) is 4.98 Å². The van der Waals surface area contributed by atoms with Crippen LogP contribution in [0, 0.1) is 0 Å². The minimum atomic E-state index is 0.0386. The molecule has 0 saturated heterocycles. The Morgan fingerprint density at radius 2 is 2.11 bits per heavy atom. The van der Waals surface area contributed by atoms with Crippen LogP contribution in [-0.4, -0.2) is 15.1 Å². The van der Waals surface area contributed by atoms with Gasteiger partial charge in [0, 0.05) is 12.7 Å². The minimum absolute atomic E-state index is 0.0386. The van der Waals surface area contributed by atoms with Crippen LogP contribution < -0.4 is 5.32 Å². The number of halogens is 2. The Labute approximate surface area is 118 Å². The number of hydrogen-bond acceptors (Lipinski definition) is 4. The number of benzene rings is 1. The van der Waals surface area contributed by atoms with Crippen LogP contribution in [0.3, 0.4) is 0 Å². The number of nitrogens with zero attached hydrogens (tertiary/aromatic N) is 2. The highest BCUT2D eigenvalue weighted by atomic mass is 79.9. The molecule has 0 radical (unpaired) electrons. The van der Waals surface area contributed by atoms with E-state index < -0.39 is 0 Å². The van der Waals surface area contributed by atoms with Gasteiger partial charge in [0.15, 0.2) is 0 Å². The molecule has 0 bridgehead atoms. The molecule has 18 heavy (non-hydrogen) atoms. The molecular formula is C12H11BrClN3O. The zero-order valence-electron chi connectivity index (χ0n) is 9.40. The summed E-state index contributed by atoms with van der Waals surface area (Å²) in [6, 6.07) is 7.69. The van der Waals surface area contributed by atoms with Crippen molar-refractivity contribution in [2.24, 2.45) is 0 Å². The molecule has 0 aliphatic rings. The molecule has 2 rings (SSSR count). The van der Waals surface area contributed by atoms with Gasteiger partial charge in [0.1, 0.15) is 5.82 Å². The first kappa shape index (κ1) is 13.3. The fourth-order valence-electron chi connectivity index (χ4n) is 1.49. The topological polar surface area (TPSA) is 58.0 Å². The number of aliphatic hydroxyl groups excluding tert-OH is 1. The van der Waals surface area contributed by atoms with E-state index in [1.54, 1.807) is 6.20 Å². The van der Waals surface area contributed by atoms with E-state index in [9.17, 15) is 0 Å². The smallest absolute Gasteiger partial charge is 0.224 e. The number of hydrogen-bond donors (Lipinski definition) is 2. The van der Waals surface area contributed by atoms with Crippen molar-refractivity contribution in [2.75, 3.05) is 5.32 Å². The lowest BCUT2D eigenvalue weighted by atomic mass is 10.1. The standard InChI is InChI=1S/C12H11BrClN3O/c13-10-6-16-12(14)17-11(10)15-5-8-2-1-3-9(4-8)7-18/h1-4,6,18H,5,7H2,(H,15,16,17). The molecule has 0 spiro atoms. The summed E-state index contributed by atoms with van der Waals surface area (Å²) in [5, 5.41) is 12.4. The van der Waals surface area contributed by atoms with Crippen molar-refractivity contribution in [1.82, 2.24) is 9.97 Å². The second-order valence-corrected chi connectivity index (χ2v) is 4.86. The Hall–Kier alpha value is -1.17. The first-order valence-corrected chi connectivity index (χ1v) is 6.46. The first-order chi connectivity index (χ1) is 8.69. The Morgan fingerprint density at radius 3 is 2.89 bits per heavy atom. The second-order valence-electron chi connectivity index (χ2n) is 3.67. The third-order valence-corrected chi connectivity index (χ3v) is 3.11. The van der Waals surface area contributed by atoms with Gasteiger partial charge in [-0.3, -0.25) is 0 Å². The van der Waals surface area contributed by atoms with Crippen molar-refractivity contribution in [2.45, 2.75) is 13.2 Å². The Bertz CT molecular complexity index is 551. The van der Waals surface area contributed by atoms with Crippen LogP contribution in [0.25, 0.3) is 0 Å². The Kier molecular flexibility index (Phi) is 4.52. The van der Waals surface area contributed by atoms with E-state index in [1.807, 2.05) is 24.3 Å². The molecule has 2 N–H and O–H groups in total. The van der Waals surface area contributed by atoms with Crippen molar-refractivity contribution in [3.63, 3.8) is 0 Å². The van der Waals surface area contributed by atoms with Crippen LogP contribution in [0.15, 0.2) is 34.9 Å². The van der Waals surface area contributed by atoms with Crippen LogP contribution >= 0.6 is 27.5 Å². The molecule has 1 aromatic heterocycles. The summed E-state index contributed by atoms with van der Waals surface area (Å²) in [4.78, 5) is 7.93. The third-order valence-electron chi connectivity index (χ3n) is 2.35. The minimum Gasteiger partial charge on any atom is -0.392 e. The summed E-state index contributed by atoms with van der Waals surface area (Å²) < 4.78 is 0.755. The molecule has 0 saturated carbocycles. The van der Waals surface area contributed by atoms with E-state index in [4.69, 9.17) is 16.7 Å². The van der Waals surface area contributed by atoms with E-state index in [0.29, 0.717) is 12.4 Å². The van der Waals surface area contributed by atoms with Crippen molar-refractivity contribution in [3.8, 4) is 0 Å². The fourth-order valence-corrected chi connectivity index (χ4v) is 1.96. The normalized spacial score (nSPS) is 10.4. The zero-order chi connectivity index (χ0) is 13.0. The van der Waals surface area contributed by atoms with Crippen LogP contribution in [0.4, 0.5) is 5.82 Å². The van der Waals surface area contributed by atoms with Crippen molar-refractivity contribution in [3.05, 3.63) is 51.3 Å². The average molecular weight is 329 g/mol. The summed E-state index contributed by atoms with van der Waals surface area (Å²) in [5.74, 6) is 0.643. The fraction of sp³-hybridized carbons (Fsp3) is 0.167. The van der Waals surface area contributed by atoms with Crippen molar-refractivity contribution in [1.29, 1.82) is 0 Å². The number of anilines is 1. The van der Waals surface area contributed by atoms with E-state index in [-0.39, 0.29) is 11.9 Å². The van der Waals surface area contributed by atoms with E-state index in [2.05, 4.69) is 31.2 Å². The molecule has 0 unspecified atom stereocenters. The SMILES string of the molecule is OCc1cccc(CNc2nc(Cl)ncc2Br)c1. The molecule has 1 aromatic carbocycles. The molecule has 0 fully saturated rings. The molecular weight excluding hydrogens is 318 g/mol. The van der Waals surface area contributed by atoms with Gasteiger partial charge in [0.25, 0.3) is 0 Å². The van der Waals surface area contributed by atoms with Crippen LogP contribution in [0.5, 0.6) is 0 Å². The Balaban J connectivity index is 2.08. The van der Waals surface area contributed by atoms with Gasteiger partial charge < -0.3 is 10.4 Å². The molecule has 4 nitrogen and oxygen atoms in total. The molecule has 94 valence electrons. The van der Waals surface area contributed by atoms with Gasteiger partial charge >= 0.3 is 0 Å². The molecule has 0 aliphatic heterocycles. The molecule has 0 amide bonds. The number of rotatable bonds is 4. The summed E-state index contributed by atoms with van der Waals surface area (Å²) in [5.41, 5.74) is 1.94. The van der Waals surface area contributed by atoms with E-state index in [0.717, 1.165) is 15.6 Å². The third kappa shape index (κ3) is 3.41. The van der Waals surface area contributed by atoms with Gasteiger partial charge in [-0.05, 0) is 38.7 Å². The lowest BCUT2D eigenvalue weighted by molar-refractivity contribution is 0.281. The maximum Gasteiger partial charge on any atom is 0.224 e. The van der Waals surface area contributed by atoms with Gasteiger partial charge in [-0.25, -0.2) is 4.98 Å². The van der Waals surface area contributed by atoms with Gasteiger partial charge in [0.05, 0.1) is 11.1 Å². The number of aromatic nitrogens is 2. The van der Waals surface area contributed by atoms with E-state index >= 15 is 0 Å². The molecule has 2 aromatic rings. The summed E-state index contributed by atoms with van der Waals surface area (Å²) >= 11 is 9.08.